The molecular formula is C19H15F2N3O. The predicted octanol–water partition coefficient (Wildman–Crippen LogP) is 4.59. The average molecular weight is 339 g/mol. The van der Waals surface area contributed by atoms with Gasteiger partial charge in [-0.3, -0.25) is 4.98 Å². The van der Waals surface area contributed by atoms with E-state index in [0.29, 0.717) is 11.8 Å². The van der Waals surface area contributed by atoms with E-state index in [1.165, 1.54) is 6.07 Å². The van der Waals surface area contributed by atoms with Crippen molar-refractivity contribution in [3.8, 4) is 0 Å². The first-order chi connectivity index (χ1) is 12.1. The predicted molar refractivity (Wildman–Crippen MR) is 92.5 cm³/mol. The number of hydrogen-bond acceptors (Lipinski definition) is 2. The van der Waals surface area contributed by atoms with Crippen molar-refractivity contribution in [2.75, 3.05) is 10.6 Å². The number of halogens is 2. The van der Waals surface area contributed by atoms with Crippen LogP contribution in [0.3, 0.4) is 0 Å². The summed E-state index contributed by atoms with van der Waals surface area (Å²) < 4.78 is 26.4. The minimum atomic E-state index is -0.831. The van der Waals surface area contributed by atoms with E-state index in [9.17, 15) is 13.6 Å². The second kappa shape index (κ2) is 7.53. The third-order valence-electron chi connectivity index (χ3n) is 3.55. The molecule has 2 amide bonds. The van der Waals surface area contributed by atoms with Crippen molar-refractivity contribution < 1.29 is 13.6 Å². The van der Waals surface area contributed by atoms with Gasteiger partial charge in [0.25, 0.3) is 0 Å². The maximum Gasteiger partial charge on any atom is 0.323 e. The Kier molecular flexibility index (Phi) is 4.99. The molecule has 1 heterocycles. The summed E-state index contributed by atoms with van der Waals surface area (Å²) in [5.41, 5.74) is 2.70. The maximum absolute atomic E-state index is 13.5. The number of aromatic nitrogens is 1. The van der Waals surface area contributed by atoms with Crippen LogP contribution in [0.15, 0.2) is 67.0 Å². The number of benzene rings is 2. The lowest BCUT2D eigenvalue weighted by Crippen LogP contribution is -2.20. The van der Waals surface area contributed by atoms with Crippen LogP contribution in [0.4, 0.5) is 25.0 Å². The van der Waals surface area contributed by atoms with Gasteiger partial charge >= 0.3 is 6.03 Å². The number of amides is 2. The molecule has 6 heteroatoms. The number of carbonyl (C=O) groups is 1. The number of rotatable bonds is 4. The van der Waals surface area contributed by atoms with Gasteiger partial charge in [-0.15, -0.1) is 0 Å². The van der Waals surface area contributed by atoms with Gasteiger partial charge in [-0.1, -0.05) is 12.1 Å². The fraction of sp³-hybridized carbons (Fsp3) is 0.0526. The van der Waals surface area contributed by atoms with Crippen molar-refractivity contribution in [2.24, 2.45) is 0 Å². The molecule has 0 radical (unpaired) electrons. The first-order valence-corrected chi connectivity index (χ1v) is 7.61. The largest absolute Gasteiger partial charge is 0.323 e. The minimum Gasteiger partial charge on any atom is -0.308 e. The van der Waals surface area contributed by atoms with Crippen LogP contribution in [0.5, 0.6) is 0 Å². The minimum absolute atomic E-state index is 0.0896. The highest BCUT2D eigenvalue weighted by atomic mass is 19.1. The van der Waals surface area contributed by atoms with Crippen LogP contribution >= 0.6 is 0 Å². The molecular weight excluding hydrogens is 324 g/mol. The highest BCUT2D eigenvalue weighted by Crippen LogP contribution is 2.16. The molecule has 0 saturated carbocycles. The third-order valence-corrected chi connectivity index (χ3v) is 3.55. The Bertz CT molecular complexity index is 868. The van der Waals surface area contributed by atoms with Crippen molar-refractivity contribution in [1.82, 2.24) is 4.98 Å². The number of urea groups is 1. The molecule has 126 valence electrons. The number of anilines is 2. The Labute approximate surface area is 143 Å². The fourth-order valence-electron chi connectivity index (χ4n) is 2.32. The molecule has 0 atom stereocenters. The topological polar surface area (TPSA) is 54.0 Å². The Balaban J connectivity index is 1.60. The standard InChI is InChI=1S/C19H15F2N3O/c20-15-3-6-18(17(21)12-15)24-19(25)23-16-4-1-13(2-5-16)11-14-7-9-22-10-8-14/h1-10,12H,11H2,(H2,23,24,25). The van der Waals surface area contributed by atoms with Crippen LogP contribution in [0.25, 0.3) is 0 Å². The number of pyridine rings is 1. The van der Waals surface area contributed by atoms with E-state index in [-0.39, 0.29) is 5.69 Å². The summed E-state index contributed by atoms with van der Waals surface area (Å²) in [5.74, 6) is -1.53. The summed E-state index contributed by atoms with van der Waals surface area (Å²) in [4.78, 5) is 15.9. The second-order valence-electron chi connectivity index (χ2n) is 5.43. The molecule has 0 saturated heterocycles. The molecule has 2 N–H and O–H groups in total. The smallest absolute Gasteiger partial charge is 0.308 e. The monoisotopic (exact) mass is 339 g/mol. The molecule has 0 spiro atoms. The number of nitrogens with zero attached hydrogens (tertiary/aromatic N) is 1. The van der Waals surface area contributed by atoms with Gasteiger partial charge in [0.2, 0.25) is 0 Å². The third kappa shape index (κ3) is 4.60. The van der Waals surface area contributed by atoms with Crippen molar-refractivity contribution in [3.63, 3.8) is 0 Å². The number of carbonyl (C=O) groups excluding carboxylic acids is 1. The SMILES string of the molecule is O=C(Nc1ccc(Cc2ccncc2)cc1)Nc1ccc(F)cc1F. The van der Waals surface area contributed by atoms with Crippen LogP contribution in [0.1, 0.15) is 11.1 Å². The van der Waals surface area contributed by atoms with Gasteiger partial charge in [-0.05, 0) is 53.9 Å². The van der Waals surface area contributed by atoms with Gasteiger partial charge in [0.05, 0.1) is 5.69 Å². The van der Waals surface area contributed by atoms with E-state index in [0.717, 1.165) is 23.6 Å². The molecule has 25 heavy (non-hydrogen) atoms. The van der Waals surface area contributed by atoms with Gasteiger partial charge < -0.3 is 10.6 Å². The summed E-state index contributed by atoms with van der Waals surface area (Å²) in [5, 5.41) is 4.94. The van der Waals surface area contributed by atoms with E-state index in [4.69, 9.17) is 0 Å². The normalized spacial score (nSPS) is 10.3. The van der Waals surface area contributed by atoms with Crippen molar-refractivity contribution in [3.05, 3.63) is 89.8 Å². The van der Waals surface area contributed by atoms with Crippen LogP contribution in [-0.2, 0) is 6.42 Å². The zero-order valence-electron chi connectivity index (χ0n) is 13.2. The molecule has 0 aliphatic carbocycles. The quantitative estimate of drug-likeness (QED) is 0.730. The lowest BCUT2D eigenvalue weighted by Gasteiger charge is -2.09. The summed E-state index contributed by atoms with van der Waals surface area (Å²) in [6.45, 7) is 0. The van der Waals surface area contributed by atoms with Gasteiger partial charge in [-0.2, -0.15) is 0 Å². The highest BCUT2D eigenvalue weighted by molar-refractivity contribution is 5.99. The van der Waals surface area contributed by atoms with Crippen molar-refractivity contribution >= 4 is 17.4 Å². The Morgan fingerprint density at radius 3 is 2.24 bits per heavy atom. The zero-order valence-corrected chi connectivity index (χ0v) is 13.2. The molecule has 0 bridgehead atoms. The molecule has 0 fully saturated rings. The van der Waals surface area contributed by atoms with Gasteiger partial charge in [0.15, 0.2) is 0 Å². The van der Waals surface area contributed by atoms with Gasteiger partial charge in [0.1, 0.15) is 11.6 Å². The van der Waals surface area contributed by atoms with Crippen molar-refractivity contribution in [1.29, 1.82) is 0 Å². The first kappa shape index (κ1) is 16.6. The number of hydrogen-bond donors (Lipinski definition) is 2. The summed E-state index contributed by atoms with van der Waals surface area (Å²) in [6, 6.07) is 13.6. The van der Waals surface area contributed by atoms with E-state index in [1.54, 1.807) is 24.5 Å². The Morgan fingerprint density at radius 1 is 0.880 bits per heavy atom. The lowest BCUT2D eigenvalue weighted by molar-refractivity contribution is 0.262. The zero-order chi connectivity index (χ0) is 17.6. The fourth-order valence-corrected chi connectivity index (χ4v) is 2.32. The average Bonchev–Trinajstić information content (AvgIpc) is 2.60. The summed E-state index contributed by atoms with van der Waals surface area (Å²) in [7, 11) is 0. The van der Waals surface area contributed by atoms with Gasteiger partial charge in [0, 0.05) is 24.1 Å². The number of nitrogens with one attached hydrogen (secondary N) is 2. The van der Waals surface area contributed by atoms with Crippen LogP contribution in [-0.4, -0.2) is 11.0 Å². The molecule has 3 aromatic rings. The maximum atomic E-state index is 13.5. The first-order valence-electron chi connectivity index (χ1n) is 7.61. The highest BCUT2D eigenvalue weighted by Gasteiger charge is 2.08. The lowest BCUT2D eigenvalue weighted by atomic mass is 10.1. The Morgan fingerprint density at radius 2 is 1.56 bits per heavy atom. The van der Waals surface area contributed by atoms with Crippen LogP contribution < -0.4 is 10.6 Å². The van der Waals surface area contributed by atoms with Crippen LogP contribution in [0.2, 0.25) is 0 Å². The van der Waals surface area contributed by atoms with E-state index >= 15 is 0 Å². The molecule has 0 unspecified atom stereocenters. The molecule has 3 rings (SSSR count). The summed E-state index contributed by atoms with van der Waals surface area (Å²) in [6.07, 6.45) is 4.24. The second-order valence-corrected chi connectivity index (χ2v) is 5.43. The summed E-state index contributed by atoms with van der Waals surface area (Å²) >= 11 is 0. The van der Waals surface area contributed by atoms with Crippen LogP contribution in [0, 0.1) is 11.6 Å². The Hall–Kier alpha value is -3.28. The van der Waals surface area contributed by atoms with E-state index < -0.39 is 17.7 Å². The van der Waals surface area contributed by atoms with Crippen molar-refractivity contribution in [2.45, 2.75) is 6.42 Å². The molecule has 0 aliphatic heterocycles. The molecule has 2 aromatic carbocycles. The molecule has 0 aliphatic rings. The van der Waals surface area contributed by atoms with E-state index in [1.807, 2.05) is 24.3 Å². The van der Waals surface area contributed by atoms with E-state index in [2.05, 4.69) is 15.6 Å². The van der Waals surface area contributed by atoms with Gasteiger partial charge in [-0.25, -0.2) is 13.6 Å². The molecule has 1 aromatic heterocycles. The molecule has 4 nitrogen and oxygen atoms in total.